The quantitative estimate of drug-likeness (QED) is 0.294. The Hall–Kier alpha value is -2.33. The smallest absolute Gasteiger partial charge is 0.253 e. The number of ether oxygens (including phenoxy) is 2. The SMILES string of the molecule is CN=C(NCc1cccc(NC(=O)C2CCCO2)c1)NCc1ccccc1OC.I. The summed E-state index contributed by atoms with van der Waals surface area (Å²) >= 11 is 0. The van der Waals surface area contributed by atoms with E-state index in [0.717, 1.165) is 35.4 Å². The van der Waals surface area contributed by atoms with Crippen LogP contribution in [0, 0.1) is 0 Å². The first-order valence-electron chi connectivity index (χ1n) is 9.77. The van der Waals surface area contributed by atoms with Crippen molar-refractivity contribution in [3.63, 3.8) is 0 Å². The molecular formula is C22H29IN4O3. The average molecular weight is 524 g/mol. The molecule has 2 aromatic rings. The number of amides is 1. The van der Waals surface area contributed by atoms with E-state index in [1.807, 2.05) is 48.5 Å². The molecule has 0 bridgehead atoms. The van der Waals surface area contributed by atoms with Crippen molar-refractivity contribution in [3.05, 3.63) is 59.7 Å². The number of para-hydroxylation sites is 1. The van der Waals surface area contributed by atoms with E-state index >= 15 is 0 Å². The number of halogens is 1. The highest BCUT2D eigenvalue weighted by atomic mass is 127. The molecule has 1 atom stereocenters. The Balaban J connectivity index is 0.00000320. The van der Waals surface area contributed by atoms with Gasteiger partial charge < -0.3 is 25.4 Å². The highest BCUT2D eigenvalue weighted by molar-refractivity contribution is 14.0. The van der Waals surface area contributed by atoms with Crippen LogP contribution in [0.3, 0.4) is 0 Å². The molecule has 1 aliphatic heterocycles. The maximum Gasteiger partial charge on any atom is 0.253 e. The van der Waals surface area contributed by atoms with Crippen LogP contribution in [0.4, 0.5) is 5.69 Å². The highest BCUT2D eigenvalue weighted by Gasteiger charge is 2.23. The number of anilines is 1. The Bertz CT molecular complexity index is 854. The van der Waals surface area contributed by atoms with Gasteiger partial charge in [0.05, 0.1) is 7.11 Å². The van der Waals surface area contributed by atoms with Crippen LogP contribution in [0.5, 0.6) is 5.75 Å². The van der Waals surface area contributed by atoms with Crippen molar-refractivity contribution in [2.75, 3.05) is 26.1 Å². The van der Waals surface area contributed by atoms with Crippen molar-refractivity contribution in [1.29, 1.82) is 0 Å². The van der Waals surface area contributed by atoms with E-state index in [1.54, 1.807) is 14.2 Å². The minimum absolute atomic E-state index is 0. The van der Waals surface area contributed by atoms with Crippen LogP contribution in [0.15, 0.2) is 53.5 Å². The fourth-order valence-electron chi connectivity index (χ4n) is 3.20. The summed E-state index contributed by atoms with van der Waals surface area (Å²) < 4.78 is 10.8. The van der Waals surface area contributed by atoms with Crippen molar-refractivity contribution >= 4 is 41.5 Å². The number of hydrogen-bond acceptors (Lipinski definition) is 4. The summed E-state index contributed by atoms with van der Waals surface area (Å²) in [7, 11) is 3.40. The van der Waals surface area contributed by atoms with E-state index in [4.69, 9.17) is 9.47 Å². The fourth-order valence-corrected chi connectivity index (χ4v) is 3.20. The standard InChI is InChI=1S/C22H28N4O3.HI/c1-23-22(25-15-17-8-3-4-10-19(17)28-2)24-14-16-7-5-9-18(13-16)26-21(27)20-11-6-12-29-20;/h3-5,7-10,13,20H,6,11-12,14-15H2,1-2H3,(H,26,27)(H2,23,24,25);1H. The summed E-state index contributed by atoms with van der Waals surface area (Å²) in [4.78, 5) is 16.5. The number of aliphatic imine (C=N–C) groups is 1. The second-order valence-electron chi connectivity index (χ2n) is 6.78. The lowest BCUT2D eigenvalue weighted by Gasteiger charge is -2.14. The summed E-state index contributed by atoms with van der Waals surface area (Å²) in [5, 5.41) is 9.51. The maximum absolute atomic E-state index is 12.2. The van der Waals surface area contributed by atoms with Gasteiger partial charge in [0.25, 0.3) is 5.91 Å². The number of methoxy groups -OCH3 is 1. The average Bonchev–Trinajstić information content (AvgIpc) is 3.29. The van der Waals surface area contributed by atoms with E-state index < -0.39 is 0 Å². The topological polar surface area (TPSA) is 84.0 Å². The zero-order chi connectivity index (χ0) is 20.5. The molecule has 1 aliphatic rings. The lowest BCUT2D eigenvalue weighted by molar-refractivity contribution is -0.124. The molecule has 0 saturated carbocycles. The van der Waals surface area contributed by atoms with Gasteiger partial charge in [-0.15, -0.1) is 24.0 Å². The highest BCUT2D eigenvalue weighted by Crippen LogP contribution is 2.17. The molecule has 0 aliphatic carbocycles. The van der Waals surface area contributed by atoms with Gasteiger partial charge in [0.1, 0.15) is 11.9 Å². The van der Waals surface area contributed by atoms with Crippen LogP contribution in [0.2, 0.25) is 0 Å². The molecule has 0 aromatic heterocycles. The summed E-state index contributed by atoms with van der Waals surface area (Å²) in [6, 6.07) is 15.6. The molecule has 8 heteroatoms. The predicted molar refractivity (Wildman–Crippen MR) is 129 cm³/mol. The molecule has 162 valence electrons. The third kappa shape index (κ3) is 6.88. The van der Waals surface area contributed by atoms with Gasteiger partial charge in [-0.25, -0.2) is 0 Å². The number of carbonyl (C=O) groups is 1. The lowest BCUT2D eigenvalue weighted by atomic mass is 10.2. The molecule has 1 unspecified atom stereocenters. The van der Waals surface area contributed by atoms with E-state index in [9.17, 15) is 4.79 Å². The maximum atomic E-state index is 12.2. The van der Waals surface area contributed by atoms with Crippen molar-refractivity contribution < 1.29 is 14.3 Å². The summed E-state index contributed by atoms with van der Waals surface area (Å²) in [6.07, 6.45) is 1.37. The Morgan fingerprint density at radius 2 is 1.97 bits per heavy atom. The van der Waals surface area contributed by atoms with E-state index in [1.165, 1.54) is 0 Å². The Kier molecular flexibility index (Phi) is 9.88. The van der Waals surface area contributed by atoms with Gasteiger partial charge in [-0.2, -0.15) is 0 Å². The molecule has 1 fully saturated rings. The predicted octanol–water partition coefficient (Wildman–Crippen LogP) is 3.30. The van der Waals surface area contributed by atoms with Crippen LogP contribution < -0.4 is 20.7 Å². The van der Waals surface area contributed by atoms with Gasteiger partial charge in [0, 0.05) is 38.0 Å². The van der Waals surface area contributed by atoms with Crippen LogP contribution in [0.1, 0.15) is 24.0 Å². The molecule has 3 N–H and O–H groups in total. The van der Waals surface area contributed by atoms with Gasteiger partial charge in [-0.3, -0.25) is 9.79 Å². The normalized spacial score (nSPS) is 15.8. The third-order valence-electron chi connectivity index (χ3n) is 4.74. The Labute approximate surface area is 194 Å². The molecule has 30 heavy (non-hydrogen) atoms. The number of guanidine groups is 1. The molecule has 1 amide bonds. The first kappa shape index (κ1) is 23.9. The Morgan fingerprint density at radius 3 is 2.70 bits per heavy atom. The number of nitrogens with one attached hydrogen (secondary N) is 3. The summed E-state index contributed by atoms with van der Waals surface area (Å²) in [5.74, 6) is 1.44. The van der Waals surface area contributed by atoms with E-state index in [0.29, 0.717) is 25.7 Å². The van der Waals surface area contributed by atoms with E-state index in [2.05, 4.69) is 20.9 Å². The number of hydrogen-bond donors (Lipinski definition) is 3. The van der Waals surface area contributed by atoms with Crippen molar-refractivity contribution in [1.82, 2.24) is 10.6 Å². The first-order valence-corrected chi connectivity index (χ1v) is 9.77. The van der Waals surface area contributed by atoms with Crippen molar-refractivity contribution in [2.24, 2.45) is 4.99 Å². The van der Waals surface area contributed by atoms with Crippen LogP contribution in [-0.4, -0.2) is 38.7 Å². The second kappa shape index (κ2) is 12.4. The molecule has 1 heterocycles. The molecule has 3 rings (SSSR count). The minimum atomic E-state index is -0.338. The van der Waals surface area contributed by atoms with Gasteiger partial charge in [0.15, 0.2) is 5.96 Å². The van der Waals surface area contributed by atoms with Crippen molar-refractivity contribution in [3.8, 4) is 5.75 Å². The molecule has 0 spiro atoms. The van der Waals surface area contributed by atoms with Crippen LogP contribution >= 0.6 is 24.0 Å². The largest absolute Gasteiger partial charge is 0.496 e. The number of rotatable bonds is 7. The van der Waals surface area contributed by atoms with Crippen LogP contribution in [0.25, 0.3) is 0 Å². The third-order valence-corrected chi connectivity index (χ3v) is 4.74. The van der Waals surface area contributed by atoms with E-state index in [-0.39, 0.29) is 36.0 Å². The molecule has 0 radical (unpaired) electrons. The number of carbonyl (C=O) groups excluding carboxylic acids is 1. The molecule has 7 nitrogen and oxygen atoms in total. The monoisotopic (exact) mass is 524 g/mol. The van der Waals surface area contributed by atoms with Gasteiger partial charge in [0.2, 0.25) is 0 Å². The van der Waals surface area contributed by atoms with Gasteiger partial charge in [-0.05, 0) is 36.6 Å². The lowest BCUT2D eigenvalue weighted by Crippen LogP contribution is -2.36. The fraction of sp³-hybridized carbons (Fsp3) is 0.364. The second-order valence-corrected chi connectivity index (χ2v) is 6.78. The van der Waals surface area contributed by atoms with Crippen LogP contribution in [-0.2, 0) is 22.6 Å². The first-order chi connectivity index (χ1) is 14.2. The molecular weight excluding hydrogens is 495 g/mol. The van der Waals surface area contributed by atoms with Crippen molar-refractivity contribution in [2.45, 2.75) is 32.0 Å². The zero-order valence-electron chi connectivity index (χ0n) is 17.3. The zero-order valence-corrected chi connectivity index (χ0v) is 19.6. The minimum Gasteiger partial charge on any atom is -0.496 e. The molecule has 2 aromatic carbocycles. The Morgan fingerprint density at radius 1 is 1.17 bits per heavy atom. The van der Waals surface area contributed by atoms with Gasteiger partial charge in [-0.1, -0.05) is 30.3 Å². The summed E-state index contributed by atoms with van der Waals surface area (Å²) in [6.45, 7) is 1.83. The number of nitrogens with zero attached hydrogens (tertiary/aromatic N) is 1. The summed E-state index contributed by atoms with van der Waals surface area (Å²) in [5.41, 5.74) is 2.86. The van der Waals surface area contributed by atoms with Gasteiger partial charge >= 0.3 is 0 Å². The number of benzene rings is 2. The molecule has 1 saturated heterocycles.